The molecule has 0 unspecified atom stereocenters. The summed E-state index contributed by atoms with van der Waals surface area (Å²) in [7, 11) is 0. The molecule has 0 aliphatic heterocycles. The Hall–Kier alpha value is -1.55. The summed E-state index contributed by atoms with van der Waals surface area (Å²) in [6.07, 6.45) is 1.49. The van der Waals surface area contributed by atoms with Gasteiger partial charge in [0.15, 0.2) is 5.76 Å². The maximum Gasteiger partial charge on any atom is 0.291 e. The first-order valence-electron chi connectivity index (χ1n) is 4.58. The molecular weight excluding hydrogens is 210 g/mol. The summed E-state index contributed by atoms with van der Waals surface area (Å²) in [6, 6.07) is 3.34. The number of hydrogen-bond donors (Lipinski definition) is 1. The van der Waals surface area contributed by atoms with E-state index < -0.39 is 0 Å². The van der Waals surface area contributed by atoms with Gasteiger partial charge in [-0.1, -0.05) is 0 Å². The molecule has 0 aliphatic carbocycles. The zero-order chi connectivity index (χ0) is 10.8. The van der Waals surface area contributed by atoms with E-state index >= 15 is 0 Å². The van der Waals surface area contributed by atoms with Crippen molar-refractivity contribution in [2.75, 3.05) is 5.32 Å². The number of carbonyl (C=O) groups is 1. The molecule has 3 nitrogen and oxygen atoms in total. The summed E-state index contributed by atoms with van der Waals surface area (Å²) in [4.78, 5) is 12.8. The van der Waals surface area contributed by atoms with Gasteiger partial charge < -0.3 is 9.73 Å². The minimum Gasteiger partial charge on any atom is -0.459 e. The quantitative estimate of drug-likeness (QED) is 0.846. The number of carbonyl (C=O) groups excluding carboxylic acids is 1. The minimum atomic E-state index is -0.204. The molecule has 0 bridgehead atoms. The molecule has 0 fully saturated rings. The van der Waals surface area contributed by atoms with E-state index in [4.69, 9.17) is 4.42 Å². The predicted molar refractivity (Wildman–Crippen MR) is 60.5 cm³/mol. The van der Waals surface area contributed by atoms with Crippen molar-refractivity contribution in [3.05, 3.63) is 40.0 Å². The SMILES string of the molecule is Cc1csc(C)c1NC(=O)c1ccco1. The van der Waals surface area contributed by atoms with Gasteiger partial charge in [-0.2, -0.15) is 0 Å². The first-order valence-corrected chi connectivity index (χ1v) is 5.46. The Kier molecular flexibility index (Phi) is 2.60. The van der Waals surface area contributed by atoms with Crippen molar-refractivity contribution in [2.45, 2.75) is 13.8 Å². The van der Waals surface area contributed by atoms with Gasteiger partial charge in [0.1, 0.15) is 0 Å². The molecule has 2 aromatic heterocycles. The number of thiophene rings is 1. The maximum absolute atomic E-state index is 11.7. The Bertz CT molecular complexity index is 451. The van der Waals surface area contributed by atoms with Crippen LogP contribution >= 0.6 is 11.3 Å². The van der Waals surface area contributed by atoms with Gasteiger partial charge in [-0.15, -0.1) is 11.3 Å². The summed E-state index contributed by atoms with van der Waals surface area (Å²) >= 11 is 1.62. The lowest BCUT2D eigenvalue weighted by molar-refractivity contribution is 0.0996. The molecule has 2 rings (SSSR count). The molecule has 2 aromatic rings. The molecule has 0 aliphatic rings. The second-order valence-corrected chi connectivity index (χ2v) is 4.37. The molecule has 4 heteroatoms. The van der Waals surface area contributed by atoms with Crippen molar-refractivity contribution in [3.8, 4) is 0 Å². The lowest BCUT2D eigenvalue weighted by Gasteiger charge is -2.03. The fourth-order valence-electron chi connectivity index (χ4n) is 1.34. The normalized spacial score (nSPS) is 10.3. The van der Waals surface area contributed by atoms with Gasteiger partial charge in [0, 0.05) is 4.88 Å². The summed E-state index contributed by atoms with van der Waals surface area (Å²) < 4.78 is 5.02. The molecule has 0 aromatic carbocycles. The van der Waals surface area contributed by atoms with E-state index in [9.17, 15) is 4.79 Å². The van der Waals surface area contributed by atoms with Crippen LogP contribution < -0.4 is 5.32 Å². The fraction of sp³-hybridized carbons (Fsp3) is 0.182. The number of anilines is 1. The zero-order valence-electron chi connectivity index (χ0n) is 8.53. The Morgan fingerprint density at radius 3 is 2.80 bits per heavy atom. The third kappa shape index (κ3) is 1.94. The van der Waals surface area contributed by atoms with Gasteiger partial charge in [-0.3, -0.25) is 4.79 Å². The molecule has 0 saturated carbocycles. The van der Waals surface area contributed by atoms with E-state index in [1.54, 1.807) is 23.5 Å². The van der Waals surface area contributed by atoms with E-state index in [-0.39, 0.29) is 5.91 Å². The van der Waals surface area contributed by atoms with Crippen LogP contribution in [-0.4, -0.2) is 5.91 Å². The topological polar surface area (TPSA) is 42.2 Å². The van der Waals surface area contributed by atoms with Crippen molar-refractivity contribution in [3.63, 3.8) is 0 Å². The average molecular weight is 221 g/mol. The number of amides is 1. The lowest BCUT2D eigenvalue weighted by atomic mass is 10.2. The average Bonchev–Trinajstić information content (AvgIpc) is 2.82. The molecule has 78 valence electrons. The van der Waals surface area contributed by atoms with Crippen molar-refractivity contribution >= 4 is 22.9 Å². The van der Waals surface area contributed by atoms with Crippen molar-refractivity contribution in [2.24, 2.45) is 0 Å². The minimum absolute atomic E-state index is 0.204. The van der Waals surface area contributed by atoms with Crippen LogP contribution in [0.2, 0.25) is 0 Å². The van der Waals surface area contributed by atoms with Gasteiger partial charge >= 0.3 is 0 Å². The number of nitrogens with one attached hydrogen (secondary N) is 1. The first kappa shape index (κ1) is 9.98. The molecule has 0 spiro atoms. The standard InChI is InChI=1S/C11H11NO2S/c1-7-6-15-8(2)10(7)12-11(13)9-4-3-5-14-9/h3-6H,1-2H3,(H,12,13). The number of furan rings is 1. The Balaban J connectivity index is 2.20. The third-order valence-electron chi connectivity index (χ3n) is 2.14. The van der Waals surface area contributed by atoms with Crippen LogP contribution in [0, 0.1) is 13.8 Å². The second-order valence-electron chi connectivity index (χ2n) is 3.28. The Labute approximate surface area is 91.7 Å². The van der Waals surface area contributed by atoms with E-state index in [2.05, 4.69) is 5.32 Å². The Morgan fingerprint density at radius 1 is 1.47 bits per heavy atom. The van der Waals surface area contributed by atoms with Crippen LogP contribution in [0.15, 0.2) is 28.2 Å². The van der Waals surface area contributed by atoms with Crippen LogP contribution in [0.3, 0.4) is 0 Å². The maximum atomic E-state index is 11.7. The highest BCUT2D eigenvalue weighted by atomic mass is 32.1. The largest absolute Gasteiger partial charge is 0.459 e. The van der Waals surface area contributed by atoms with Gasteiger partial charge in [-0.25, -0.2) is 0 Å². The molecule has 1 N–H and O–H groups in total. The van der Waals surface area contributed by atoms with E-state index in [1.165, 1.54) is 6.26 Å². The van der Waals surface area contributed by atoms with Gasteiger partial charge in [0.25, 0.3) is 5.91 Å². The van der Waals surface area contributed by atoms with Gasteiger partial charge in [0.05, 0.1) is 12.0 Å². The summed E-state index contributed by atoms with van der Waals surface area (Å²) in [6.45, 7) is 3.96. The number of hydrogen-bond acceptors (Lipinski definition) is 3. The van der Waals surface area contributed by atoms with Crippen molar-refractivity contribution in [1.82, 2.24) is 0 Å². The highest BCUT2D eigenvalue weighted by Crippen LogP contribution is 2.26. The summed E-state index contributed by atoms with van der Waals surface area (Å²) in [5.74, 6) is 0.129. The molecule has 15 heavy (non-hydrogen) atoms. The zero-order valence-corrected chi connectivity index (χ0v) is 9.35. The molecule has 0 radical (unpaired) electrons. The van der Waals surface area contributed by atoms with Crippen molar-refractivity contribution < 1.29 is 9.21 Å². The summed E-state index contributed by atoms with van der Waals surface area (Å²) in [5, 5.41) is 4.86. The molecular formula is C11H11NO2S. The molecule has 0 atom stereocenters. The monoisotopic (exact) mass is 221 g/mol. The van der Waals surface area contributed by atoms with Crippen LogP contribution in [0.25, 0.3) is 0 Å². The molecule has 2 heterocycles. The predicted octanol–water partition coefficient (Wildman–Crippen LogP) is 3.21. The second kappa shape index (κ2) is 3.90. The highest BCUT2D eigenvalue weighted by molar-refractivity contribution is 7.10. The van der Waals surface area contributed by atoms with E-state index in [0.717, 1.165) is 16.1 Å². The van der Waals surface area contributed by atoms with Gasteiger partial charge in [0.2, 0.25) is 0 Å². The smallest absolute Gasteiger partial charge is 0.291 e. The Morgan fingerprint density at radius 2 is 2.27 bits per heavy atom. The van der Waals surface area contributed by atoms with Crippen molar-refractivity contribution in [1.29, 1.82) is 0 Å². The molecule has 0 saturated heterocycles. The summed E-state index contributed by atoms with van der Waals surface area (Å²) in [5.41, 5.74) is 1.97. The van der Waals surface area contributed by atoms with Crippen LogP contribution in [0.1, 0.15) is 21.0 Å². The first-order chi connectivity index (χ1) is 7.18. The van der Waals surface area contributed by atoms with Crippen LogP contribution in [0.5, 0.6) is 0 Å². The van der Waals surface area contributed by atoms with E-state index in [1.807, 2.05) is 19.2 Å². The van der Waals surface area contributed by atoms with Crippen LogP contribution in [-0.2, 0) is 0 Å². The van der Waals surface area contributed by atoms with Gasteiger partial charge in [-0.05, 0) is 36.9 Å². The lowest BCUT2D eigenvalue weighted by Crippen LogP contribution is -2.11. The number of rotatable bonds is 2. The van der Waals surface area contributed by atoms with E-state index in [0.29, 0.717) is 5.76 Å². The fourth-order valence-corrected chi connectivity index (χ4v) is 2.14. The molecule has 1 amide bonds. The van der Waals surface area contributed by atoms with Crippen LogP contribution in [0.4, 0.5) is 5.69 Å². The highest BCUT2D eigenvalue weighted by Gasteiger charge is 2.12. The third-order valence-corrected chi connectivity index (χ3v) is 3.17. The number of aryl methyl sites for hydroxylation is 2.